The van der Waals surface area contributed by atoms with Crippen LogP contribution in [0.5, 0.6) is 0 Å². The van der Waals surface area contributed by atoms with Crippen molar-refractivity contribution in [1.29, 1.82) is 0 Å². The van der Waals surface area contributed by atoms with Crippen molar-refractivity contribution < 1.29 is 0 Å². The SMILES string of the molecule is CN1CCCC1CNc1nc(Cl)nc(N2CCCCC2)n1. The second-order valence-corrected chi connectivity index (χ2v) is 6.27. The van der Waals surface area contributed by atoms with Crippen LogP contribution in [0.2, 0.25) is 5.28 Å². The molecule has 0 bridgehead atoms. The average Bonchev–Trinajstić information content (AvgIpc) is 2.91. The summed E-state index contributed by atoms with van der Waals surface area (Å²) >= 11 is 6.05. The van der Waals surface area contributed by atoms with Gasteiger partial charge in [-0.2, -0.15) is 15.0 Å². The molecule has 2 saturated heterocycles. The van der Waals surface area contributed by atoms with E-state index in [4.69, 9.17) is 11.6 Å². The summed E-state index contributed by atoms with van der Waals surface area (Å²) in [4.78, 5) is 17.6. The lowest BCUT2D eigenvalue weighted by Crippen LogP contribution is -2.33. The topological polar surface area (TPSA) is 57.2 Å². The molecule has 2 fully saturated rings. The lowest BCUT2D eigenvalue weighted by Gasteiger charge is -2.27. The molecule has 0 amide bonds. The second-order valence-electron chi connectivity index (χ2n) is 5.93. The summed E-state index contributed by atoms with van der Waals surface area (Å²) < 4.78 is 0. The zero-order valence-corrected chi connectivity index (χ0v) is 13.3. The van der Waals surface area contributed by atoms with E-state index < -0.39 is 0 Å². The van der Waals surface area contributed by atoms with E-state index in [0.29, 0.717) is 17.9 Å². The first-order valence-electron chi connectivity index (χ1n) is 7.83. The van der Waals surface area contributed by atoms with Crippen LogP contribution in [-0.2, 0) is 0 Å². The minimum absolute atomic E-state index is 0.271. The fourth-order valence-corrected chi connectivity index (χ4v) is 3.26. The van der Waals surface area contributed by atoms with Gasteiger partial charge in [0.15, 0.2) is 0 Å². The molecule has 3 heterocycles. The first-order valence-corrected chi connectivity index (χ1v) is 8.21. The number of halogens is 1. The Morgan fingerprint density at radius 2 is 1.90 bits per heavy atom. The Labute approximate surface area is 130 Å². The summed E-state index contributed by atoms with van der Waals surface area (Å²) in [5.41, 5.74) is 0. The Balaban J connectivity index is 1.65. The first kappa shape index (κ1) is 14.8. The largest absolute Gasteiger partial charge is 0.352 e. The number of likely N-dealkylation sites (tertiary alicyclic amines) is 1. The zero-order valence-electron chi connectivity index (χ0n) is 12.6. The van der Waals surface area contributed by atoms with Crippen LogP contribution in [0.4, 0.5) is 11.9 Å². The molecule has 0 aliphatic carbocycles. The third-order valence-electron chi connectivity index (χ3n) is 4.40. The molecule has 1 N–H and O–H groups in total. The molecular formula is C14H23ClN6. The maximum atomic E-state index is 6.05. The molecule has 21 heavy (non-hydrogen) atoms. The summed E-state index contributed by atoms with van der Waals surface area (Å²) in [5, 5.41) is 3.59. The van der Waals surface area contributed by atoms with E-state index in [1.54, 1.807) is 0 Å². The molecule has 7 heteroatoms. The van der Waals surface area contributed by atoms with Crippen LogP contribution in [-0.4, -0.2) is 59.1 Å². The molecule has 3 rings (SSSR count). The van der Waals surface area contributed by atoms with E-state index in [0.717, 1.165) is 19.6 Å². The van der Waals surface area contributed by atoms with E-state index in [1.807, 2.05) is 0 Å². The van der Waals surface area contributed by atoms with Gasteiger partial charge in [-0.3, -0.25) is 0 Å². The minimum atomic E-state index is 0.271. The molecule has 2 aliphatic heterocycles. The van der Waals surface area contributed by atoms with Gasteiger partial charge in [-0.05, 0) is 57.3 Å². The molecule has 0 saturated carbocycles. The van der Waals surface area contributed by atoms with Crippen molar-refractivity contribution in [2.24, 2.45) is 0 Å². The number of aromatic nitrogens is 3. The Kier molecular flexibility index (Phi) is 4.75. The van der Waals surface area contributed by atoms with Gasteiger partial charge < -0.3 is 15.1 Å². The summed E-state index contributed by atoms with van der Waals surface area (Å²) in [6.07, 6.45) is 6.16. The fraction of sp³-hybridized carbons (Fsp3) is 0.786. The molecule has 116 valence electrons. The van der Waals surface area contributed by atoms with Crippen molar-refractivity contribution in [3.8, 4) is 0 Å². The Hall–Kier alpha value is -1.14. The highest BCUT2D eigenvalue weighted by molar-refractivity contribution is 6.28. The van der Waals surface area contributed by atoms with Crippen molar-refractivity contribution >= 4 is 23.5 Å². The predicted octanol–water partition coefficient (Wildman–Crippen LogP) is 2.02. The predicted molar refractivity (Wildman–Crippen MR) is 85.0 cm³/mol. The quantitative estimate of drug-likeness (QED) is 0.918. The molecule has 1 aromatic rings. The number of anilines is 2. The molecule has 1 unspecified atom stereocenters. The third kappa shape index (κ3) is 3.74. The molecular weight excluding hydrogens is 288 g/mol. The number of likely N-dealkylation sites (N-methyl/N-ethyl adjacent to an activating group) is 1. The van der Waals surface area contributed by atoms with Gasteiger partial charge >= 0.3 is 0 Å². The van der Waals surface area contributed by atoms with E-state index in [9.17, 15) is 0 Å². The van der Waals surface area contributed by atoms with E-state index in [2.05, 4.69) is 37.1 Å². The van der Waals surface area contributed by atoms with Crippen LogP contribution >= 0.6 is 11.6 Å². The van der Waals surface area contributed by atoms with Crippen LogP contribution < -0.4 is 10.2 Å². The van der Waals surface area contributed by atoms with Crippen molar-refractivity contribution in [3.63, 3.8) is 0 Å². The first-order chi connectivity index (χ1) is 10.2. The van der Waals surface area contributed by atoms with Crippen LogP contribution in [0.15, 0.2) is 0 Å². The normalized spacial score (nSPS) is 23.5. The Morgan fingerprint density at radius 3 is 2.62 bits per heavy atom. The monoisotopic (exact) mass is 310 g/mol. The minimum Gasteiger partial charge on any atom is -0.352 e. The van der Waals surface area contributed by atoms with Gasteiger partial charge in [-0.15, -0.1) is 0 Å². The van der Waals surface area contributed by atoms with Crippen LogP contribution in [0.1, 0.15) is 32.1 Å². The van der Waals surface area contributed by atoms with Crippen LogP contribution in [0.25, 0.3) is 0 Å². The van der Waals surface area contributed by atoms with Gasteiger partial charge in [0.25, 0.3) is 0 Å². The summed E-state index contributed by atoms with van der Waals surface area (Å²) in [7, 11) is 2.17. The van der Waals surface area contributed by atoms with Crippen LogP contribution in [0, 0.1) is 0 Å². The molecule has 1 atom stereocenters. The molecule has 1 aromatic heterocycles. The number of rotatable bonds is 4. The lowest BCUT2D eigenvalue weighted by molar-refractivity contribution is 0.322. The van der Waals surface area contributed by atoms with Gasteiger partial charge in [-0.1, -0.05) is 0 Å². The molecule has 0 spiro atoms. The lowest BCUT2D eigenvalue weighted by atomic mass is 10.1. The molecule has 6 nitrogen and oxygen atoms in total. The molecule has 0 aromatic carbocycles. The summed E-state index contributed by atoms with van der Waals surface area (Å²) in [6.45, 7) is 4.04. The van der Waals surface area contributed by atoms with Crippen LogP contribution in [0.3, 0.4) is 0 Å². The van der Waals surface area contributed by atoms with Gasteiger partial charge in [-0.25, -0.2) is 0 Å². The van der Waals surface area contributed by atoms with E-state index in [1.165, 1.54) is 38.6 Å². The van der Waals surface area contributed by atoms with Crippen molar-refractivity contribution in [1.82, 2.24) is 19.9 Å². The average molecular weight is 311 g/mol. The Morgan fingerprint density at radius 1 is 1.10 bits per heavy atom. The van der Waals surface area contributed by atoms with Crippen molar-refractivity contribution in [2.75, 3.05) is 43.4 Å². The number of nitrogens with zero attached hydrogens (tertiary/aromatic N) is 5. The standard InChI is InChI=1S/C14H23ClN6/c1-20-7-5-6-11(20)10-16-13-17-12(15)18-14(19-13)21-8-3-2-4-9-21/h11H,2-10H2,1H3,(H,16,17,18,19). The fourth-order valence-electron chi connectivity index (χ4n) is 3.10. The smallest absolute Gasteiger partial charge is 0.231 e. The maximum absolute atomic E-state index is 6.05. The second kappa shape index (κ2) is 6.75. The van der Waals surface area contributed by atoms with Gasteiger partial charge in [0, 0.05) is 25.7 Å². The number of piperidine rings is 1. The van der Waals surface area contributed by atoms with Crippen molar-refractivity contribution in [3.05, 3.63) is 5.28 Å². The van der Waals surface area contributed by atoms with Crippen molar-refractivity contribution in [2.45, 2.75) is 38.1 Å². The zero-order chi connectivity index (χ0) is 14.7. The highest BCUT2D eigenvalue weighted by Gasteiger charge is 2.21. The number of nitrogens with one attached hydrogen (secondary N) is 1. The highest BCUT2D eigenvalue weighted by atomic mass is 35.5. The summed E-state index contributed by atoms with van der Waals surface area (Å²) in [6, 6.07) is 0.555. The highest BCUT2D eigenvalue weighted by Crippen LogP contribution is 2.19. The summed E-state index contributed by atoms with van der Waals surface area (Å²) in [5.74, 6) is 1.30. The maximum Gasteiger partial charge on any atom is 0.231 e. The number of hydrogen-bond acceptors (Lipinski definition) is 6. The van der Waals surface area contributed by atoms with E-state index >= 15 is 0 Å². The molecule has 0 radical (unpaired) electrons. The third-order valence-corrected chi connectivity index (χ3v) is 4.57. The Bertz CT molecular complexity index is 477. The van der Waals surface area contributed by atoms with Gasteiger partial charge in [0.1, 0.15) is 0 Å². The molecule has 2 aliphatic rings. The number of hydrogen-bond donors (Lipinski definition) is 1. The van der Waals surface area contributed by atoms with Gasteiger partial charge in [0.05, 0.1) is 0 Å². The van der Waals surface area contributed by atoms with E-state index in [-0.39, 0.29) is 5.28 Å². The van der Waals surface area contributed by atoms with Gasteiger partial charge in [0.2, 0.25) is 17.2 Å².